The van der Waals surface area contributed by atoms with Crippen molar-refractivity contribution >= 4 is 11.9 Å². The van der Waals surface area contributed by atoms with E-state index in [1.54, 1.807) is 0 Å². The number of ether oxygens (including phenoxy) is 1. The Bertz CT molecular complexity index is 422. The highest BCUT2D eigenvalue weighted by atomic mass is 16.5. The van der Waals surface area contributed by atoms with Gasteiger partial charge in [-0.1, -0.05) is 58.3 Å². The Morgan fingerprint density at radius 2 is 1.61 bits per heavy atom. The number of hydrogen-bond donors (Lipinski definition) is 2. The van der Waals surface area contributed by atoms with E-state index < -0.39 is 35.5 Å². The Kier molecular flexibility index (Phi) is 6.45. The zero-order valence-electron chi connectivity index (χ0n) is 14.1. The molecule has 2 aliphatic rings. The fraction of sp³-hybridized carbons (Fsp3) is 0.889. The Hall–Kier alpha value is -1.10. The van der Waals surface area contributed by atoms with Gasteiger partial charge in [-0.25, -0.2) is 0 Å². The molecule has 5 nitrogen and oxygen atoms in total. The molecule has 2 bridgehead atoms. The van der Waals surface area contributed by atoms with Crippen LogP contribution in [0.3, 0.4) is 0 Å². The summed E-state index contributed by atoms with van der Waals surface area (Å²) in [6.45, 7) is 2.21. The van der Waals surface area contributed by atoms with Crippen LogP contribution in [0.25, 0.3) is 0 Å². The molecule has 5 heteroatoms. The molecular formula is C18H30O5. The monoisotopic (exact) mass is 326 g/mol. The van der Waals surface area contributed by atoms with Crippen molar-refractivity contribution < 1.29 is 24.5 Å². The number of carboxylic acids is 2. The minimum Gasteiger partial charge on any atom is -0.481 e. The number of carboxylic acid groups (broad SMARTS) is 2. The molecule has 0 radical (unpaired) electrons. The fourth-order valence-corrected chi connectivity index (χ4v) is 4.41. The molecule has 2 aliphatic heterocycles. The third-order valence-corrected chi connectivity index (χ3v) is 5.57. The Morgan fingerprint density at radius 1 is 1.00 bits per heavy atom. The topological polar surface area (TPSA) is 83.8 Å². The van der Waals surface area contributed by atoms with Crippen LogP contribution in [0.15, 0.2) is 0 Å². The number of rotatable bonds is 11. The lowest BCUT2D eigenvalue weighted by molar-refractivity contribution is -0.156. The first-order chi connectivity index (χ1) is 11.0. The summed E-state index contributed by atoms with van der Waals surface area (Å²) in [4.78, 5) is 23.0. The molecule has 0 saturated carbocycles. The molecule has 2 rings (SSSR count). The maximum absolute atomic E-state index is 11.6. The lowest BCUT2D eigenvalue weighted by Gasteiger charge is -2.32. The van der Waals surface area contributed by atoms with Gasteiger partial charge in [0.15, 0.2) is 0 Å². The Labute approximate surface area is 138 Å². The molecule has 4 atom stereocenters. The second kappa shape index (κ2) is 8.13. The van der Waals surface area contributed by atoms with Gasteiger partial charge in [0.1, 0.15) is 5.92 Å². The van der Waals surface area contributed by atoms with Crippen molar-refractivity contribution in [2.24, 2.45) is 11.8 Å². The predicted octanol–water partition coefficient (Wildman–Crippen LogP) is 3.85. The summed E-state index contributed by atoms with van der Waals surface area (Å²) in [6, 6.07) is 0. The summed E-state index contributed by atoms with van der Waals surface area (Å²) in [5.74, 6) is -3.81. The quantitative estimate of drug-likeness (QED) is 0.563. The van der Waals surface area contributed by atoms with Crippen molar-refractivity contribution in [1.29, 1.82) is 0 Å². The minimum absolute atomic E-state index is 0.414. The average Bonchev–Trinajstić information content (AvgIpc) is 3.06. The van der Waals surface area contributed by atoms with Crippen molar-refractivity contribution in [2.75, 3.05) is 0 Å². The molecule has 0 aromatic carbocycles. The van der Waals surface area contributed by atoms with Crippen LogP contribution in [0.2, 0.25) is 0 Å². The first-order valence-electron chi connectivity index (χ1n) is 9.15. The van der Waals surface area contributed by atoms with Crippen molar-refractivity contribution in [3.05, 3.63) is 0 Å². The first-order valence-corrected chi connectivity index (χ1v) is 9.15. The average molecular weight is 326 g/mol. The van der Waals surface area contributed by atoms with E-state index >= 15 is 0 Å². The van der Waals surface area contributed by atoms with Crippen molar-refractivity contribution in [1.82, 2.24) is 0 Å². The normalized spacial score (nSPS) is 32.3. The molecule has 132 valence electrons. The maximum Gasteiger partial charge on any atom is 0.310 e. The van der Waals surface area contributed by atoms with Gasteiger partial charge >= 0.3 is 11.9 Å². The number of aliphatic carboxylic acids is 2. The van der Waals surface area contributed by atoms with Gasteiger partial charge in [0.25, 0.3) is 0 Å². The summed E-state index contributed by atoms with van der Waals surface area (Å²) >= 11 is 0. The minimum atomic E-state index is -1.03. The molecule has 2 unspecified atom stereocenters. The zero-order chi connectivity index (χ0) is 16.9. The summed E-state index contributed by atoms with van der Waals surface area (Å²) in [5.41, 5.74) is -0.734. The molecule has 2 fully saturated rings. The molecule has 23 heavy (non-hydrogen) atoms. The maximum atomic E-state index is 11.6. The lowest BCUT2D eigenvalue weighted by Crippen LogP contribution is -2.45. The van der Waals surface area contributed by atoms with E-state index in [1.165, 1.54) is 38.5 Å². The van der Waals surface area contributed by atoms with Crippen molar-refractivity contribution in [3.63, 3.8) is 0 Å². The smallest absolute Gasteiger partial charge is 0.310 e. The third kappa shape index (κ3) is 4.06. The third-order valence-electron chi connectivity index (χ3n) is 5.57. The molecule has 0 aromatic heterocycles. The zero-order valence-corrected chi connectivity index (χ0v) is 14.1. The van der Waals surface area contributed by atoms with Gasteiger partial charge in [0, 0.05) is 0 Å². The van der Waals surface area contributed by atoms with E-state index in [2.05, 4.69) is 6.92 Å². The van der Waals surface area contributed by atoms with E-state index in [-0.39, 0.29) is 0 Å². The summed E-state index contributed by atoms with van der Waals surface area (Å²) < 4.78 is 5.91. The molecule has 2 N–H and O–H groups in total. The SMILES string of the molecule is CCCCCCCCCC[C@@]12CC[C@@H](O1)C(C(=O)O)C2C(=O)O. The number of hydrogen-bond acceptors (Lipinski definition) is 3. The van der Waals surface area contributed by atoms with Crippen LogP contribution in [0.1, 0.15) is 77.6 Å². The molecule has 0 aliphatic carbocycles. The number of carbonyl (C=O) groups is 2. The van der Waals surface area contributed by atoms with Crippen LogP contribution in [0.5, 0.6) is 0 Å². The second-order valence-electron chi connectivity index (χ2n) is 7.16. The second-order valence-corrected chi connectivity index (χ2v) is 7.16. The van der Waals surface area contributed by atoms with Gasteiger partial charge in [-0.05, 0) is 19.3 Å². The van der Waals surface area contributed by atoms with Crippen LogP contribution in [-0.4, -0.2) is 33.9 Å². The predicted molar refractivity (Wildman–Crippen MR) is 86.3 cm³/mol. The molecule has 0 amide bonds. The van der Waals surface area contributed by atoms with Crippen LogP contribution in [0, 0.1) is 11.8 Å². The highest BCUT2D eigenvalue weighted by Crippen LogP contribution is 2.53. The number of fused-ring (bicyclic) bond motifs is 2. The number of unbranched alkanes of at least 4 members (excludes halogenated alkanes) is 7. The largest absolute Gasteiger partial charge is 0.481 e. The van der Waals surface area contributed by atoms with Crippen LogP contribution < -0.4 is 0 Å². The molecular weight excluding hydrogens is 296 g/mol. The van der Waals surface area contributed by atoms with Gasteiger partial charge < -0.3 is 14.9 Å². The standard InChI is InChI=1S/C18H30O5/c1-2-3-4-5-6-7-8-9-11-18-12-10-13(23-18)14(16(19)20)15(18)17(21)22/h13-15H,2-12H2,1H3,(H,19,20)(H,21,22)/t13-,14?,15?,18+/m1/s1. The summed E-state index contributed by atoms with van der Waals surface area (Å²) in [5, 5.41) is 18.8. The van der Waals surface area contributed by atoms with Gasteiger partial charge in [-0.2, -0.15) is 0 Å². The van der Waals surface area contributed by atoms with Crippen molar-refractivity contribution in [2.45, 2.75) is 89.3 Å². The van der Waals surface area contributed by atoms with E-state index in [0.29, 0.717) is 19.3 Å². The van der Waals surface area contributed by atoms with Gasteiger partial charge in [-0.3, -0.25) is 9.59 Å². The van der Waals surface area contributed by atoms with Crippen LogP contribution in [-0.2, 0) is 14.3 Å². The van der Waals surface area contributed by atoms with E-state index in [4.69, 9.17) is 4.74 Å². The van der Waals surface area contributed by atoms with Gasteiger partial charge in [0.2, 0.25) is 0 Å². The summed E-state index contributed by atoms with van der Waals surface area (Å²) in [7, 11) is 0. The molecule has 0 aromatic rings. The van der Waals surface area contributed by atoms with Gasteiger partial charge in [-0.15, -0.1) is 0 Å². The van der Waals surface area contributed by atoms with E-state index in [0.717, 1.165) is 12.8 Å². The van der Waals surface area contributed by atoms with Crippen LogP contribution in [0.4, 0.5) is 0 Å². The fourth-order valence-electron chi connectivity index (χ4n) is 4.41. The summed E-state index contributed by atoms with van der Waals surface area (Å²) in [6.07, 6.45) is 11.2. The Balaban J connectivity index is 1.79. The van der Waals surface area contributed by atoms with E-state index in [9.17, 15) is 19.8 Å². The van der Waals surface area contributed by atoms with E-state index in [1.807, 2.05) is 0 Å². The Morgan fingerprint density at radius 3 is 2.17 bits per heavy atom. The molecule has 2 heterocycles. The van der Waals surface area contributed by atoms with Crippen LogP contribution >= 0.6 is 0 Å². The highest BCUT2D eigenvalue weighted by Gasteiger charge is 2.64. The first kappa shape index (κ1) is 18.2. The highest BCUT2D eigenvalue weighted by molar-refractivity contribution is 5.82. The van der Waals surface area contributed by atoms with Crippen molar-refractivity contribution in [3.8, 4) is 0 Å². The van der Waals surface area contributed by atoms with Gasteiger partial charge in [0.05, 0.1) is 17.6 Å². The molecule has 2 saturated heterocycles. The lowest BCUT2D eigenvalue weighted by atomic mass is 9.69. The molecule has 0 spiro atoms.